The van der Waals surface area contributed by atoms with Crippen LogP contribution in [-0.4, -0.2) is 66.3 Å². The predicted octanol–water partition coefficient (Wildman–Crippen LogP) is 1.82. The minimum absolute atomic E-state index is 0.0459. The number of aromatic nitrogens is 3. The van der Waals surface area contributed by atoms with Crippen LogP contribution in [0.1, 0.15) is 39.8 Å². The zero-order valence-electron chi connectivity index (χ0n) is 22.8. The van der Waals surface area contributed by atoms with E-state index in [1.165, 1.54) is 30.8 Å². The number of benzene rings is 1. The molecule has 218 valence electrons. The average molecular weight is 587 g/mol. The molecule has 1 saturated heterocycles. The van der Waals surface area contributed by atoms with E-state index in [2.05, 4.69) is 15.2 Å². The summed E-state index contributed by atoms with van der Waals surface area (Å²) in [4.78, 5) is 16.7. The lowest BCUT2D eigenvalue weighted by atomic mass is 9.92. The Morgan fingerprint density at radius 3 is 2.63 bits per heavy atom. The SMILES string of the molecule is CC(C)OC(=O)C(C)(C)NP(=O)(Oc1ccccc1)OC1C[C@@]12O[C@@](C#N)(c1ccc3c(N)ncnn13)[C@H](O)[C@@H]2O. The number of nitriles is 1. The summed E-state index contributed by atoms with van der Waals surface area (Å²) >= 11 is 0. The number of nitrogens with zero attached hydrogens (tertiary/aromatic N) is 4. The van der Waals surface area contributed by atoms with Gasteiger partial charge in [0.1, 0.15) is 53.1 Å². The van der Waals surface area contributed by atoms with E-state index in [1.807, 2.05) is 6.07 Å². The number of fused-ring (bicyclic) bond motifs is 1. The van der Waals surface area contributed by atoms with Crippen molar-refractivity contribution in [1.29, 1.82) is 5.26 Å². The highest BCUT2D eigenvalue weighted by molar-refractivity contribution is 7.52. The van der Waals surface area contributed by atoms with Crippen LogP contribution in [0.25, 0.3) is 5.52 Å². The topological polar surface area (TPSA) is 204 Å². The number of ether oxygens (including phenoxy) is 2. The van der Waals surface area contributed by atoms with E-state index in [4.69, 9.17) is 24.3 Å². The van der Waals surface area contributed by atoms with Gasteiger partial charge in [0.25, 0.3) is 0 Å². The Hall–Kier alpha value is -3.57. The van der Waals surface area contributed by atoms with E-state index in [-0.39, 0.29) is 23.7 Å². The molecule has 5 N–H and O–H groups in total. The maximum atomic E-state index is 14.2. The van der Waals surface area contributed by atoms with E-state index in [0.29, 0.717) is 5.52 Å². The van der Waals surface area contributed by atoms with E-state index in [1.54, 1.807) is 50.2 Å². The number of hydrogen-bond acceptors (Lipinski definition) is 12. The first-order valence-corrected chi connectivity index (χ1v) is 14.4. The Balaban J connectivity index is 1.45. The summed E-state index contributed by atoms with van der Waals surface area (Å²) in [6.07, 6.45) is -3.76. The van der Waals surface area contributed by atoms with Gasteiger partial charge in [-0.1, -0.05) is 18.2 Å². The fourth-order valence-corrected chi connectivity index (χ4v) is 6.78. The van der Waals surface area contributed by atoms with Gasteiger partial charge in [-0.05, 0) is 52.0 Å². The van der Waals surface area contributed by atoms with Crippen molar-refractivity contribution < 1.29 is 38.1 Å². The van der Waals surface area contributed by atoms with Crippen molar-refractivity contribution in [2.75, 3.05) is 5.73 Å². The van der Waals surface area contributed by atoms with E-state index in [0.717, 1.165) is 0 Å². The van der Waals surface area contributed by atoms with Gasteiger partial charge in [-0.15, -0.1) is 0 Å². The molecule has 0 bridgehead atoms. The standard InChI is InChI=1S/C26H31N6O8P/c1-15(2)37-23(35)24(3,4)31-41(36,38-16-8-6-5-7-9-16)39-19-12-25(19)20(33)21(34)26(13-27,40-25)18-11-10-17-22(28)29-14-30-32(17)18/h5-11,14-15,19-21,33-34H,12H2,1-4H3,(H,31,36)(H2,28,29,30)/t19?,20-,21+,25+,26-,41?/m0/s1. The highest BCUT2D eigenvalue weighted by Crippen LogP contribution is 2.62. The quantitative estimate of drug-likeness (QED) is 0.209. The fraction of sp³-hybridized carbons (Fsp3) is 0.462. The third-order valence-corrected chi connectivity index (χ3v) is 8.81. The summed E-state index contributed by atoms with van der Waals surface area (Å²) < 4.78 is 38.6. The monoisotopic (exact) mass is 586 g/mol. The number of nitrogens with one attached hydrogen (secondary N) is 1. The zero-order chi connectivity index (χ0) is 29.8. The van der Waals surface area contributed by atoms with Crippen LogP contribution in [-0.2, 0) is 29.0 Å². The molecular formula is C26H31N6O8P. The number of nitrogen functional groups attached to an aromatic ring is 1. The summed E-state index contributed by atoms with van der Waals surface area (Å²) in [6.45, 7) is 6.28. The van der Waals surface area contributed by atoms with Crippen molar-refractivity contribution in [1.82, 2.24) is 19.7 Å². The van der Waals surface area contributed by atoms with Gasteiger partial charge in [0.05, 0.1) is 11.8 Å². The molecule has 5 rings (SSSR count). The molecule has 1 spiro atoms. The third-order valence-electron chi connectivity index (χ3n) is 6.99. The second kappa shape index (κ2) is 10.1. The Morgan fingerprint density at radius 1 is 1.27 bits per heavy atom. The summed E-state index contributed by atoms with van der Waals surface area (Å²) in [5.74, 6) is -0.378. The third kappa shape index (κ3) is 4.95. The molecule has 2 aromatic heterocycles. The van der Waals surface area contributed by atoms with Gasteiger partial charge in [-0.25, -0.2) is 14.1 Å². The van der Waals surface area contributed by atoms with Gasteiger partial charge in [-0.3, -0.25) is 9.32 Å². The van der Waals surface area contributed by atoms with Crippen molar-refractivity contribution >= 4 is 25.1 Å². The summed E-state index contributed by atoms with van der Waals surface area (Å²) in [5.41, 5.74) is 1.17. The predicted molar refractivity (Wildman–Crippen MR) is 143 cm³/mol. The fourth-order valence-electron chi connectivity index (χ4n) is 4.88. The van der Waals surface area contributed by atoms with Gasteiger partial charge < -0.3 is 29.9 Å². The van der Waals surface area contributed by atoms with Gasteiger partial charge in [0.2, 0.25) is 5.60 Å². The first-order chi connectivity index (χ1) is 19.3. The second-order valence-corrected chi connectivity index (χ2v) is 12.5. The smallest absolute Gasteiger partial charge is 0.460 e. The molecular weight excluding hydrogens is 555 g/mol. The second-order valence-electron chi connectivity index (χ2n) is 10.8. The molecule has 3 aromatic rings. The number of para-hydroxylation sites is 1. The normalized spacial score (nSPS) is 28.9. The molecule has 1 aromatic carbocycles. The molecule has 15 heteroatoms. The highest BCUT2D eigenvalue weighted by Gasteiger charge is 2.76. The van der Waals surface area contributed by atoms with Crippen LogP contribution in [0, 0.1) is 11.3 Å². The van der Waals surface area contributed by atoms with Crippen LogP contribution in [0.4, 0.5) is 5.82 Å². The maximum absolute atomic E-state index is 14.2. The van der Waals surface area contributed by atoms with Gasteiger partial charge >= 0.3 is 13.7 Å². The van der Waals surface area contributed by atoms with Gasteiger partial charge in [0.15, 0.2) is 5.82 Å². The lowest BCUT2D eigenvalue weighted by Gasteiger charge is -2.30. The molecule has 14 nitrogen and oxygen atoms in total. The molecule has 1 aliphatic carbocycles. The lowest BCUT2D eigenvalue weighted by molar-refractivity contribution is -0.153. The molecule has 41 heavy (non-hydrogen) atoms. The Kier molecular flexibility index (Phi) is 7.10. The Bertz CT molecular complexity index is 1560. The largest absolute Gasteiger partial charge is 0.462 e. The van der Waals surface area contributed by atoms with Crippen LogP contribution < -0.4 is 15.3 Å². The number of nitrogens with two attached hydrogens (primary N) is 1. The number of anilines is 1. The average Bonchev–Trinajstić information content (AvgIpc) is 3.28. The van der Waals surface area contributed by atoms with Crippen molar-refractivity contribution in [2.24, 2.45) is 0 Å². The molecule has 0 amide bonds. The van der Waals surface area contributed by atoms with Crippen molar-refractivity contribution in [3.8, 4) is 11.8 Å². The minimum Gasteiger partial charge on any atom is -0.462 e. The molecule has 2 unspecified atom stereocenters. The van der Waals surface area contributed by atoms with Crippen molar-refractivity contribution in [3.63, 3.8) is 0 Å². The van der Waals surface area contributed by atoms with Crippen molar-refractivity contribution in [3.05, 3.63) is 54.5 Å². The van der Waals surface area contributed by atoms with Crippen molar-refractivity contribution in [2.45, 2.75) is 75.3 Å². The van der Waals surface area contributed by atoms with Crippen LogP contribution in [0.2, 0.25) is 0 Å². The number of esters is 1. The highest BCUT2D eigenvalue weighted by atomic mass is 31.2. The maximum Gasteiger partial charge on any atom is 0.460 e. The number of rotatable bonds is 9. The minimum atomic E-state index is -4.38. The zero-order valence-corrected chi connectivity index (χ0v) is 23.7. The summed E-state index contributed by atoms with van der Waals surface area (Å²) in [7, 11) is -4.38. The summed E-state index contributed by atoms with van der Waals surface area (Å²) in [6, 6.07) is 13.2. The van der Waals surface area contributed by atoms with Crippen LogP contribution in [0.3, 0.4) is 0 Å². The first kappa shape index (κ1) is 28.9. The molecule has 2 fully saturated rings. The Morgan fingerprint density at radius 2 is 1.98 bits per heavy atom. The number of carbonyl (C=O) groups is 1. The number of aliphatic hydroxyl groups excluding tert-OH is 2. The van der Waals surface area contributed by atoms with E-state index >= 15 is 0 Å². The number of carbonyl (C=O) groups excluding carboxylic acids is 1. The van der Waals surface area contributed by atoms with Gasteiger partial charge in [-0.2, -0.15) is 15.4 Å². The lowest BCUT2D eigenvalue weighted by Crippen LogP contribution is -2.48. The summed E-state index contributed by atoms with van der Waals surface area (Å²) in [5, 5.41) is 39.3. The van der Waals surface area contributed by atoms with Gasteiger partial charge in [0, 0.05) is 6.42 Å². The van der Waals surface area contributed by atoms with Crippen LogP contribution in [0.15, 0.2) is 48.8 Å². The van der Waals surface area contributed by atoms with Crippen LogP contribution in [0.5, 0.6) is 5.75 Å². The molecule has 6 atom stereocenters. The first-order valence-electron chi connectivity index (χ1n) is 12.9. The molecule has 2 aliphatic rings. The van der Waals surface area contributed by atoms with E-state index in [9.17, 15) is 24.8 Å². The molecule has 3 heterocycles. The molecule has 0 radical (unpaired) electrons. The number of hydrogen-bond donors (Lipinski definition) is 4. The number of aliphatic hydroxyl groups is 2. The Labute approximate surface area is 235 Å². The van der Waals surface area contributed by atoms with E-state index < -0.39 is 54.9 Å². The molecule has 1 saturated carbocycles. The molecule has 1 aliphatic heterocycles. The van der Waals surface area contributed by atoms with Crippen LogP contribution >= 0.6 is 7.75 Å².